The molecule has 3 aromatic rings. The summed E-state index contributed by atoms with van der Waals surface area (Å²) in [5.41, 5.74) is 12.8. The molecule has 0 aliphatic carbocycles. The van der Waals surface area contributed by atoms with Gasteiger partial charge in [-0.3, -0.25) is 19.2 Å². The normalized spacial score (nSPS) is 16.1. The zero-order chi connectivity index (χ0) is 30.1. The van der Waals surface area contributed by atoms with E-state index in [0.717, 1.165) is 16.3 Å². The van der Waals surface area contributed by atoms with Crippen molar-refractivity contribution in [1.82, 2.24) is 15.5 Å². The van der Waals surface area contributed by atoms with Crippen LogP contribution >= 0.6 is 0 Å². The van der Waals surface area contributed by atoms with Crippen molar-refractivity contribution in [3.05, 3.63) is 77.9 Å². The first-order chi connectivity index (χ1) is 20.3. The summed E-state index contributed by atoms with van der Waals surface area (Å²) in [6, 6.07) is 17.3. The standard InChI is InChI=1S/C32H39N5O5/c33-17-4-3-11-26(31(41)36-27(30(34)40)19-21-13-15-24(38)16-14-21)35-32(42)28-12-6-18-37(28)29(39)20-23-9-5-8-22-7-1-2-10-25(22)23/h1-2,5,7-10,13-16,26-28,38H,3-4,6,11-12,17-20,33H2,(H2,34,40)(H,35,42)(H,36,41). The molecule has 4 rings (SSSR count). The molecule has 42 heavy (non-hydrogen) atoms. The monoisotopic (exact) mass is 573 g/mol. The van der Waals surface area contributed by atoms with Crippen molar-refractivity contribution in [1.29, 1.82) is 0 Å². The summed E-state index contributed by atoms with van der Waals surface area (Å²) in [6.07, 6.45) is 3.03. The van der Waals surface area contributed by atoms with Crippen LogP contribution in [0.2, 0.25) is 0 Å². The minimum atomic E-state index is -1.01. The highest BCUT2D eigenvalue weighted by Crippen LogP contribution is 2.23. The van der Waals surface area contributed by atoms with Crippen LogP contribution in [0.1, 0.15) is 43.2 Å². The average molecular weight is 574 g/mol. The molecule has 1 aliphatic rings. The van der Waals surface area contributed by atoms with E-state index in [1.54, 1.807) is 17.0 Å². The first-order valence-corrected chi connectivity index (χ1v) is 14.4. The Hall–Kier alpha value is -4.44. The third kappa shape index (κ3) is 7.85. The Kier molecular flexibility index (Phi) is 10.5. The van der Waals surface area contributed by atoms with Crippen LogP contribution in [0.4, 0.5) is 0 Å². The van der Waals surface area contributed by atoms with Gasteiger partial charge >= 0.3 is 0 Å². The van der Waals surface area contributed by atoms with Gasteiger partial charge in [-0.2, -0.15) is 0 Å². The van der Waals surface area contributed by atoms with Crippen LogP contribution in [-0.4, -0.2) is 64.9 Å². The number of unbranched alkanes of at least 4 members (excludes halogenated alkanes) is 1. The van der Waals surface area contributed by atoms with Crippen molar-refractivity contribution < 1.29 is 24.3 Å². The van der Waals surface area contributed by atoms with Gasteiger partial charge in [-0.05, 0) is 72.7 Å². The zero-order valence-corrected chi connectivity index (χ0v) is 23.6. The first kappa shape index (κ1) is 30.5. The number of likely N-dealkylation sites (tertiary alicyclic amines) is 1. The SMILES string of the molecule is NCCCCC(NC(=O)C1CCCN1C(=O)Cc1cccc2ccccc12)C(=O)NC(Cc1ccc(O)cc1)C(N)=O. The minimum absolute atomic E-state index is 0.0812. The number of hydrogen-bond acceptors (Lipinski definition) is 6. The van der Waals surface area contributed by atoms with E-state index in [-0.39, 0.29) is 24.5 Å². The fraction of sp³-hybridized carbons (Fsp3) is 0.375. The van der Waals surface area contributed by atoms with Gasteiger partial charge in [-0.1, -0.05) is 54.6 Å². The van der Waals surface area contributed by atoms with Gasteiger partial charge in [0.05, 0.1) is 6.42 Å². The van der Waals surface area contributed by atoms with Crippen molar-refractivity contribution in [3.8, 4) is 5.75 Å². The molecule has 0 bridgehead atoms. The Labute approximate surface area is 245 Å². The third-order valence-corrected chi connectivity index (χ3v) is 7.71. The van der Waals surface area contributed by atoms with Gasteiger partial charge in [-0.15, -0.1) is 0 Å². The highest BCUT2D eigenvalue weighted by molar-refractivity contribution is 5.95. The Morgan fingerprint density at radius 3 is 2.40 bits per heavy atom. The molecule has 10 heteroatoms. The van der Waals surface area contributed by atoms with Gasteiger partial charge < -0.3 is 32.1 Å². The lowest BCUT2D eigenvalue weighted by Gasteiger charge is -2.27. The molecule has 0 aromatic heterocycles. The molecular formula is C32H39N5O5. The molecule has 1 fully saturated rings. The molecule has 7 N–H and O–H groups in total. The number of phenolic OH excluding ortho intramolecular Hbond substituents is 1. The number of primary amides is 1. The topological polar surface area (TPSA) is 168 Å². The summed E-state index contributed by atoms with van der Waals surface area (Å²) < 4.78 is 0. The fourth-order valence-corrected chi connectivity index (χ4v) is 5.44. The lowest BCUT2D eigenvalue weighted by Crippen LogP contribution is -2.56. The predicted octanol–water partition coefficient (Wildman–Crippen LogP) is 1.91. The lowest BCUT2D eigenvalue weighted by atomic mass is 10.0. The molecule has 0 saturated carbocycles. The molecule has 1 heterocycles. The smallest absolute Gasteiger partial charge is 0.243 e. The molecule has 1 aliphatic heterocycles. The maximum Gasteiger partial charge on any atom is 0.243 e. The Morgan fingerprint density at radius 2 is 1.67 bits per heavy atom. The largest absolute Gasteiger partial charge is 0.508 e. The number of rotatable bonds is 13. The number of carbonyl (C=O) groups excluding carboxylic acids is 4. The van der Waals surface area contributed by atoms with E-state index in [1.165, 1.54) is 12.1 Å². The molecule has 1 saturated heterocycles. The molecule has 4 amide bonds. The van der Waals surface area contributed by atoms with E-state index < -0.39 is 35.8 Å². The van der Waals surface area contributed by atoms with E-state index in [0.29, 0.717) is 50.8 Å². The number of amides is 4. The number of aromatic hydroxyl groups is 1. The highest BCUT2D eigenvalue weighted by Gasteiger charge is 2.36. The zero-order valence-electron chi connectivity index (χ0n) is 23.6. The first-order valence-electron chi connectivity index (χ1n) is 14.4. The quantitative estimate of drug-likeness (QED) is 0.196. The van der Waals surface area contributed by atoms with Crippen molar-refractivity contribution in [3.63, 3.8) is 0 Å². The molecular weight excluding hydrogens is 534 g/mol. The molecule has 3 unspecified atom stereocenters. The highest BCUT2D eigenvalue weighted by atomic mass is 16.3. The summed E-state index contributed by atoms with van der Waals surface area (Å²) in [4.78, 5) is 54.0. The van der Waals surface area contributed by atoms with Crippen LogP contribution in [0.15, 0.2) is 66.7 Å². The molecule has 0 spiro atoms. The minimum Gasteiger partial charge on any atom is -0.508 e. The van der Waals surface area contributed by atoms with Crippen LogP contribution in [-0.2, 0) is 32.0 Å². The maximum absolute atomic E-state index is 13.5. The van der Waals surface area contributed by atoms with Crippen LogP contribution in [0.25, 0.3) is 10.8 Å². The summed E-state index contributed by atoms with van der Waals surface area (Å²) in [5.74, 6) is -1.71. The summed E-state index contributed by atoms with van der Waals surface area (Å²) in [7, 11) is 0. The molecule has 222 valence electrons. The van der Waals surface area contributed by atoms with E-state index in [9.17, 15) is 24.3 Å². The number of nitrogens with zero attached hydrogens (tertiary/aromatic N) is 1. The van der Waals surface area contributed by atoms with E-state index in [4.69, 9.17) is 11.5 Å². The summed E-state index contributed by atoms with van der Waals surface area (Å²) in [5, 5.41) is 17.1. The van der Waals surface area contributed by atoms with Crippen molar-refractivity contribution in [2.24, 2.45) is 11.5 Å². The number of carbonyl (C=O) groups is 4. The second-order valence-corrected chi connectivity index (χ2v) is 10.7. The number of hydrogen-bond donors (Lipinski definition) is 5. The Balaban J connectivity index is 1.44. The number of phenols is 1. The van der Waals surface area contributed by atoms with Gasteiger partial charge in [0.2, 0.25) is 23.6 Å². The van der Waals surface area contributed by atoms with Crippen LogP contribution in [0.5, 0.6) is 5.75 Å². The maximum atomic E-state index is 13.5. The van der Waals surface area contributed by atoms with E-state index in [2.05, 4.69) is 10.6 Å². The number of nitrogens with two attached hydrogens (primary N) is 2. The van der Waals surface area contributed by atoms with Crippen molar-refractivity contribution in [2.75, 3.05) is 13.1 Å². The summed E-state index contributed by atoms with van der Waals surface area (Å²) >= 11 is 0. The fourth-order valence-electron chi connectivity index (χ4n) is 5.44. The van der Waals surface area contributed by atoms with Crippen molar-refractivity contribution >= 4 is 34.4 Å². The molecule has 3 atom stereocenters. The van der Waals surface area contributed by atoms with Crippen LogP contribution in [0, 0.1) is 0 Å². The number of benzene rings is 3. The third-order valence-electron chi connectivity index (χ3n) is 7.71. The van der Waals surface area contributed by atoms with Crippen LogP contribution < -0.4 is 22.1 Å². The van der Waals surface area contributed by atoms with Gasteiger partial charge in [0.15, 0.2) is 0 Å². The lowest BCUT2D eigenvalue weighted by molar-refractivity contribution is -0.139. The average Bonchev–Trinajstić information content (AvgIpc) is 3.48. The molecule has 0 radical (unpaired) electrons. The number of fused-ring (bicyclic) bond motifs is 1. The predicted molar refractivity (Wildman–Crippen MR) is 160 cm³/mol. The Bertz CT molecular complexity index is 1400. The van der Waals surface area contributed by atoms with Gasteiger partial charge in [-0.25, -0.2) is 0 Å². The number of nitrogens with one attached hydrogen (secondary N) is 2. The van der Waals surface area contributed by atoms with Gasteiger partial charge in [0, 0.05) is 13.0 Å². The second-order valence-electron chi connectivity index (χ2n) is 10.7. The van der Waals surface area contributed by atoms with Crippen LogP contribution in [0.3, 0.4) is 0 Å². The molecule has 10 nitrogen and oxygen atoms in total. The second kappa shape index (κ2) is 14.5. The van der Waals surface area contributed by atoms with E-state index in [1.807, 2.05) is 42.5 Å². The summed E-state index contributed by atoms with van der Waals surface area (Å²) in [6.45, 7) is 0.897. The van der Waals surface area contributed by atoms with Crippen molar-refractivity contribution in [2.45, 2.75) is 63.1 Å². The van der Waals surface area contributed by atoms with Gasteiger partial charge in [0.1, 0.15) is 23.9 Å². The van der Waals surface area contributed by atoms with E-state index >= 15 is 0 Å². The Morgan fingerprint density at radius 1 is 0.929 bits per heavy atom. The van der Waals surface area contributed by atoms with Gasteiger partial charge in [0.25, 0.3) is 0 Å². The molecule has 3 aromatic carbocycles.